The SMILES string of the molecule is COc1cc(F)c(F)cc1C(c1ccc[nH]1)c1ccc[nH]1. The standard InChI is InChI=1S/C16H14F2N2O/c1-21-15-9-12(18)11(17)8-10(15)16(13-4-2-6-19-13)14-5-3-7-20-14/h2-9,16,19-20H,1H3. The second kappa shape index (κ2) is 5.44. The zero-order chi connectivity index (χ0) is 14.8. The molecule has 0 spiro atoms. The summed E-state index contributed by atoms with van der Waals surface area (Å²) >= 11 is 0. The minimum Gasteiger partial charge on any atom is -0.496 e. The molecule has 0 bridgehead atoms. The minimum absolute atomic E-state index is 0.292. The molecule has 0 unspecified atom stereocenters. The van der Waals surface area contributed by atoms with Crippen molar-refractivity contribution in [3.63, 3.8) is 0 Å². The Kier molecular flexibility index (Phi) is 3.48. The largest absolute Gasteiger partial charge is 0.496 e. The van der Waals surface area contributed by atoms with Crippen molar-refractivity contribution in [2.24, 2.45) is 0 Å². The average Bonchev–Trinajstić information content (AvgIpc) is 3.16. The van der Waals surface area contributed by atoms with Crippen LogP contribution >= 0.6 is 0 Å². The normalized spacial score (nSPS) is 11.0. The number of methoxy groups -OCH3 is 1. The third kappa shape index (κ3) is 2.42. The van der Waals surface area contributed by atoms with Crippen molar-refractivity contribution in [3.8, 4) is 5.75 Å². The molecular weight excluding hydrogens is 274 g/mol. The van der Waals surface area contributed by atoms with E-state index in [0.717, 1.165) is 17.5 Å². The van der Waals surface area contributed by atoms with Gasteiger partial charge in [-0.05, 0) is 30.3 Å². The first-order valence-corrected chi connectivity index (χ1v) is 6.50. The predicted molar refractivity (Wildman–Crippen MR) is 75.4 cm³/mol. The molecule has 5 heteroatoms. The highest BCUT2D eigenvalue weighted by molar-refractivity contribution is 5.46. The van der Waals surface area contributed by atoms with Crippen LogP contribution in [0.15, 0.2) is 48.8 Å². The van der Waals surface area contributed by atoms with E-state index in [1.165, 1.54) is 13.2 Å². The van der Waals surface area contributed by atoms with E-state index in [1.54, 1.807) is 12.4 Å². The van der Waals surface area contributed by atoms with Crippen molar-refractivity contribution >= 4 is 0 Å². The lowest BCUT2D eigenvalue weighted by Gasteiger charge is -2.18. The van der Waals surface area contributed by atoms with Gasteiger partial charge in [0.2, 0.25) is 0 Å². The van der Waals surface area contributed by atoms with Gasteiger partial charge < -0.3 is 14.7 Å². The second-order valence-electron chi connectivity index (χ2n) is 4.69. The fourth-order valence-corrected chi connectivity index (χ4v) is 2.50. The summed E-state index contributed by atoms with van der Waals surface area (Å²) in [6.45, 7) is 0. The zero-order valence-corrected chi connectivity index (χ0v) is 11.4. The molecule has 3 nitrogen and oxygen atoms in total. The maximum atomic E-state index is 13.7. The highest BCUT2D eigenvalue weighted by atomic mass is 19.2. The first-order chi connectivity index (χ1) is 10.2. The topological polar surface area (TPSA) is 40.8 Å². The Morgan fingerprint density at radius 1 is 0.952 bits per heavy atom. The molecule has 0 aliphatic carbocycles. The van der Waals surface area contributed by atoms with Gasteiger partial charge in [0.1, 0.15) is 5.75 Å². The number of aromatic amines is 2. The fraction of sp³-hybridized carbons (Fsp3) is 0.125. The number of hydrogen-bond donors (Lipinski definition) is 2. The number of ether oxygens (including phenoxy) is 1. The van der Waals surface area contributed by atoms with Gasteiger partial charge in [0, 0.05) is 35.4 Å². The van der Waals surface area contributed by atoms with Crippen molar-refractivity contribution in [3.05, 3.63) is 77.4 Å². The first-order valence-electron chi connectivity index (χ1n) is 6.50. The molecule has 1 aromatic carbocycles. The smallest absolute Gasteiger partial charge is 0.162 e. The van der Waals surface area contributed by atoms with Gasteiger partial charge in [0.15, 0.2) is 11.6 Å². The third-order valence-corrected chi connectivity index (χ3v) is 3.45. The Bertz CT molecular complexity index is 687. The molecule has 21 heavy (non-hydrogen) atoms. The van der Waals surface area contributed by atoms with E-state index in [4.69, 9.17) is 4.74 Å². The monoisotopic (exact) mass is 288 g/mol. The van der Waals surface area contributed by atoms with E-state index in [-0.39, 0.29) is 5.92 Å². The zero-order valence-electron chi connectivity index (χ0n) is 11.4. The first kappa shape index (κ1) is 13.4. The van der Waals surface area contributed by atoms with Crippen molar-refractivity contribution in [1.29, 1.82) is 0 Å². The Balaban J connectivity index is 2.20. The minimum atomic E-state index is -0.924. The molecule has 3 rings (SSSR count). The molecule has 0 atom stereocenters. The molecule has 0 radical (unpaired) electrons. The molecule has 0 amide bonds. The van der Waals surface area contributed by atoms with Gasteiger partial charge >= 0.3 is 0 Å². The molecular formula is C16H14F2N2O. The predicted octanol–water partition coefficient (Wildman–Crippen LogP) is 3.81. The second-order valence-corrected chi connectivity index (χ2v) is 4.69. The van der Waals surface area contributed by atoms with Crippen LogP contribution in [-0.4, -0.2) is 17.1 Å². The van der Waals surface area contributed by atoms with E-state index >= 15 is 0 Å². The number of aromatic nitrogens is 2. The van der Waals surface area contributed by atoms with Crippen LogP contribution in [0.2, 0.25) is 0 Å². The van der Waals surface area contributed by atoms with E-state index in [9.17, 15) is 8.78 Å². The van der Waals surface area contributed by atoms with Crippen molar-refractivity contribution in [2.45, 2.75) is 5.92 Å². The lowest BCUT2D eigenvalue weighted by molar-refractivity contribution is 0.399. The summed E-state index contributed by atoms with van der Waals surface area (Å²) in [5.41, 5.74) is 2.28. The molecule has 0 saturated carbocycles. The van der Waals surface area contributed by atoms with Gasteiger partial charge in [-0.3, -0.25) is 0 Å². The molecule has 2 aromatic heterocycles. The fourth-order valence-electron chi connectivity index (χ4n) is 2.50. The number of H-pyrrole nitrogens is 2. The van der Waals surface area contributed by atoms with Crippen LogP contribution in [0.25, 0.3) is 0 Å². The van der Waals surface area contributed by atoms with E-state index in [1.807, 2.05) is 24.3 Å². The number of rotatable bonds is 4. The summed E-state index contributed by atoms with van der Waals surface area (Å²) in [7, 11) is 1.44. The Morgan fingerprint density at radius 2 is 1.52 bits per heavy atom. The van der Waals surface area contributed by atoms with Crippen molar-refractivity contribution < 1.29 is 13.5 Å². The molecule has 3 aromatic rings. The lowest BCUT2D eigenvalue weighted by Crippen LogP contribution is -2.07. The number of hydrogen-bond acceptors (Lipinski definition) is 1. The van der Waals surface area contributed by atoms with Gasteiger partial charge in [0.05, 0.1) is 13.0 Å². The lowest BCUT2D eigenvalue weighted by atomic mass is 9.91. The molecule has 0 saturated heterocycles. The van der Waals surface area contributed by atoms with E-state index in [2.05, 4.69) is 9.97 Å². The third-order valence-electron chi connectivity index (χ3n) is 3.45. The van der Waals surface area contributed by atoms with Crippen molar-refractivity contribution in [1.82, 2.24) is 9.97 Å². The van der Waals surface area contributed by atoms with Crippen LogP contribution in [0.4, 0.5) is 8.78 Å². The molecule has 108 valence electrons. The van der Waals surface area contributed by atoms with E-state index in [0.29, 0.717) is 11.3 Å². The summed E-state index contributed by atoms with van der Waals surface area (Å²) in [5, 5.41) is 0. The number of halogens is 2. The number of benzene rings is 1. The summed E-state index contributed by atoms with van der Waals surface area (Å²) < 4.78 is 32.3. The summed E-state index contributed by atoms with van der Waals surface area (Å²) in [6, 6.07) is 9.76. The van der Waals surface area contributed by atoms with Gasteiger partial charge in [-0.25, -0.2) is 8.78 Å². The highest BCUT2D eigenvalue weighted by Crippen LogP contribution is 2.36. The average molecular weight is 288 g/mol. The van der Waals surface area contributed by atoms with Gasteiger partial charge in [0.25, 0.3) is 0 Å². The van der Waals surface area contributed by atoms with Gasteiger partial charge in [-0.1, -0.05) is 0 Å². The van der Waals surface area contributed by atoms with Crippen LogP contribution in [0.5, 0.6) is 5.75 Å². The molecule has 2 heterocycles. The molecule has 0 aliphatic heterocycles. The molecule has 0 aliphatic rings. The number of nitrogens with one attached hydrogen (secondary N) is 2. The highest BCUT2D eigenvalue weighted by Gasteiger charge is 2.24. The van der Waals surface area contributed by atoms with Crippen LogP contribution < -0.4 is 4.74 Å². The van der Waals surface area contributed by atoms with Crippen LogP contribution in [0.3, 0.4) is 0 Å². The van der Waals surface area contributed by atoms with Crippen LogP contribution in [-0.2, 0) is 0 Å². The van der Waals surface area contributed by atoms with Crippen molar-refractivity contribution in [2.75, 3.05) is 7.11 Å². The molecule has 0 fully saturated rings. The Labute approximate surface area is 120 Å². The summed E-state index contributed by atoms with van der Waals surface area (Å²) in [5.74, 6) is -1.80. The molecule has 2 N–H and O–H groups in total. The van der Waals surface area contributed by atoms with Gasteiger partial charge in [-0.15, -0.1) is 0 Å². The van der Waals surface area contributed by atoms with Crippen LogP contribution in [0.1, 0.15) is 22.9 Å². The maximum absolute atomic E-state index is 13.7. The summed E-state index contributed by atoms with van der Waals surface area (Å²) in [4.78, 5) is 6.24. The van der Waals surface area contributed by atoms with Gasteiger partial charge in [-0.2, -0.15) is 0 Å². The van der Waals surface area contributed by atoms with E-state index < -0.39 is 11.6 Å². The summed E-state index contributed by atoms with van der Waals surface area (Å²) in [6.07, 6.45) is 3.58. The quantitative estimate of drug-likeness (QED) is 0.753. The Hall–Kier alpha value is -2.56. The maximum Gasteiger partial charge on any atom is 0.162 e. The Morgan fingerprint density at radius 3 is 2.00 bits per heavy atom. The van der Waals surface area contributed by atoms with Crippen LogP contribution in [0, 0.1) is 11.6 Å².